The third-order valence-corrected chi connectivity index (χ3v) is 28.2. The maximum absolute atomic E-state index is 14.0. The van der Waals surface area contributed by atoms with Gasteiger partial charge in [0.25, 0.3) is 5.69 Å². The average molecular weight is 2070 g/mol. The molecule has 3 amide bonds. The van der Waals surface area contributed by atoms with Gasteiger partial charge in [0, 0.05) is 177 Å². The topological polar surface area (TPSA) is 266 Å². The van der Waals surface area contributed by atoms with Crippen molar-refractivity contribution in [3.63, 3.8) is 0 Å². The van der Waals surface area contributed by atoms with Crippen molar-refractivity contribution < 1.29 is 52.1 Å². The summed E-state index contributed by atoms with van der Waals surface area (Å²) in [6.45, 7) is 9.75. The molecule has 694 valence electrons. The molecule has 0 radical (unpaired) electrons. The number of hydrogen-bond donors (Lipinski definition) is 7. The number of benzene rings is 9. The van der Waals surface area contributed by atoms with Crippen LogP contribution < -0.4 is 15.4 Å². The van der Waals surface area contributed by atoms with E-state index in [-0.39, 0.29) is 77.8 Å². The van der Waals surface area contributed by atoms with E-state index in [4.69, 9.17) is 75.4 Å². The second-order valence-electron chi connectivity index (χ2n) is 33.7. The highest BCUT2D eigenvalue weighted by Crippen LogP contribution is 2.46. The van der Waals surface area contributed by atoms with Gasteiger partial charge >= 0.3 is 6.09 Å². The van der Waals surface area contributed by atoms with E-state index in [0.717, 1.165) is 170 Å². The fourth-order valence-electron chi connectivity index (χ4n) is 19.4. The Kier molecular flexibility index (Phi) is 31.8. The number of nitro benzene ring substituents is 1. The van der Waals surface area contributed by atoms with Gasteiger partial charge in [-0.2, -0.15) is 0 Å². The normalized spacial score (nSPS) is 17.4. The number of nitro groups is 1. The van der Waals surface area contributed by atoms with Crippen molar-refractivity contribution in [2.75, 3.05) is 100 Å². The molecule has 133 heavy (non-hydrogen) atoms. The second kappa shape index (κ2) is 44.1. The number of non-ortho nitro benzene ring substituents is 1. The number of carbonyl (C=O) groups is 3. The van der Waals surface area contributed by atoms with E-state index in [0.29, 0.717) is 68.8 Å². The largest absolute Gasteiger partial charge is 0.497 e. The molecular weight excluding hydrogens is 1970 g/mol. The molecule has 1 fully saturated rings. The Morgan fingerprint density at radius 3 is 1.44 bits per heavy atom. The van der Waals surface area contributed by atoms with Crippen LogP contribution in [0.1, 0.15) is 161 Å². The first kappa shape index (κ1) is 96.0. The van der Waals surface area contributed by atoms with Crippen molar-refractivity contribution in [3.8, 4) is 5.75 Å². The highest BCUT2D eigenvalue weighted by atomic mass is 79.9. The Morgan fingerprint density at radius 1 is 0.489 bits per heavy atom. The minimum absolute atomic E-state index is 0.0143. The molecule has 0 saturated heterocycles. The summed E-state index contributed by atoms with van der Waals surface area (Å²) in [5.41, 5.74) is 21.1. The number of fused-ring (bicyclic) bond motifs is 15. The zero-order chi connectivity index (χ0) is 93.1. The molecule has 1 saturated carbocycles. The van der Waals surface area contributed by atoms with Gasteiger partial charge < -0.3 is 78.7 Å². The minimum atomic E-state index is -0.363. The number of aromatic nitrogens is 5. The van der Waals surface area contributed by atoms with Gasteiger partial charge in [0.1, 0.15) is 24.8 Å². The molecule has 7 N–H and O–H groups in total. The number of nitrogens with zero attached hydrogens (tertiary/aromatic N) is 5. The van der Waals surface area contributed by atoms with Crippen LogP contribution in [0.2, 0.25) is 15.1 Å². The van der Waals surface area contributed by atoms with E-state index >= 15 is 0 Å². The molecular formula is C102H105Br3Cl3FN12O11S. The van der Waals surface area contributed by atoms with Gasteiger partial charge in [-0.15, -0.1) is 0 Å². The number of hydrogen-bond acceptors (Lipinski definition) is 13. The van der Waals surface area contributed by atoms with Crippen molar-refractivity contribution >= 4 is 178 Å². The SMILES string of the molecule is CCOC(=O)N1CCc2c([nH]c3ccc(Cl)cc23)C1CC.COCCOCC(=O)N1CCc2c([nH]c3ccc(Br)cc23)C1c1ccc(Br)cc1.COCCOCC(=O)N1CCc2c([nH]c3ccc(Br)cc23)C1c1ccc(Cl)cc1.COc1ccc(C2c3[nH]c4ccc(F)cc4c3CCN2C(=S)NC2CCCCC2)cc1.O=[N+]([O-])c1cccc(C2NCCc3c2[nH]c2ccc(Cl)cc32)c1. The molecule has 5 aliphatic heterocycles. The van der Waals surface area contributed by atoms with Crippen LogP contribution in [0.25, 0.3) is 54.5 Å². The van der Waals surface area contributed by atoms with E-state index in [1.54, 1.807) is 39.5 Å². The monoisotopic (exact) mass is 2070 g/mol. The summed E-state index contributed by atoms with van der Waals surface area (Å²) in [7, 11) is 4.91. The number of carbonyl (C=O) groups excluding carboxylic acids is 3. The molecule has 5 aromatic heterocycles. The van der Waals surface area contributed by atoms with Gasteiger partial charge in [-0.05, 0) is 248 Å². The number of thiocarbonyl (C=S) groups is 1. The van der Waals surface area contributed by atoms with Crippen molar-refractivity contribution in [1.29, 1.82) is 0 Å². The van der Waals surface area contributed by atoms with Gasteiger partial charge in [-0.3, -0.25) is 24.6 Å². The van der Waals surface area contributed by atoms with Crippen LogP contribution in [0.5, 0.6) is 5.75 Å². The van der Waals surface area contributed by atoms with Gasteiger partial charge in [-0.25, -0.2) is 9.18 Å². The number of halogens is 7. The van der Waals surface area contributed by atoms with Crippen LogP contribution in [-0.2, 0) is 65.4 Å². The molecule has 23 nitrogen and oxygen atoms in total. The molecule has 10 heterocycles. The first-order valence-electron chi connectivity index (χ1n) is 44.9. The summed E-state index contributed by atoms with van der Waals surface area (Å²) in [6.07, 6.45) is 11.0. The van der Waals surface area contributed by atoms with Crippen LogP contribution in [-0.4, -0.2) is 179 Å². The number of aromatic amines is 5. The highest BCUT2D eigenvalue weighted by molar-refractivity contribution is 9.11. The molecule has 5 atom stereocenters. The average Bonchev–Trinajstić information content (AvgIpc) is 1.58. The van der Waals surface area contributed by atoms with Crippen LogP contribution in [0, 0.1) is 15.9 Å². The first-order valence-corrected chi connectivity index (χ1v) is 48.9. The number of rotatable bonds is 19. The summed E-state index contributed by atoms with van der Waals surface area (Å²) in [5, 5.41) is 26.7. The van der Waals surface area contributed by atoms with E-state index in [2.05, 4.69) is 144 Å². The first-order chi connectivity index (χ1) is 64.6. The standard InChI is InChI=1S/C25H28FN3OS.C22H22Br2N2O3.C22H22BrClN2O3.C17H14ClN3O2.C16H19ClN2O2/c1-30-19-10-7-16(8-11-19)24-23-20(21-15-17(26)9-12-22(21)28-23)13-14-29(24)25(31)27-18-5-3-2-4-6-18;1-28-10-11-29-13-20(27)26-9-8-17-18-12-16(24)6-7-19(18)25-21(17)22(26)14-2-4-15(23)5-3-14;1-28-10-11-29-13-20(27)26-9-8-17-18-12-15(23)4-7-19(18)25-21(17)22(26)14-2-5-16(24)6-3-14;18-11-4-5-15-14(9-11)13-6-7-19-16(17(13)20-15)10-2-1-3-12(8-10)21(22)23;1-3-14-15-11(7-8-19(14)16(20)21-4-2)12-9-10(17)5-6-13(12)18-15/h7-12,15,18,24,28H,2-6,13-14H2,1H3,(H,27,31);2*2-7,12,22,25H,8-11,13H2,1H3;1-5,8-9,16,19-20H,6-7H2;5-6,9,14,18H,3-4,7-8H2,1-2H3. The predicted octanol–water partition coefficient (Wildman–Crippen LogP) is 23.3. The number of nitrogens with one attached hydrogen (secondary N) is 7. The number of amides is 3. The Labute approximate surface area is 816 Å². The van der Waals surface area contributed by atoms with Gasteiger partial charge in [-0.1, -0.05) is 157 Å². The molecule has 5 unspecified atom stereocenters. The smallest absolute Gasteiger partial charge is 0.410 e. The third kappa shape index (κ3) is 21.7. The Bertz CT molecular complexity index is 6360. The van der Waals surface area contributed by atoms with E-state index < -0.39 is 0 Å². The molecule has 0 spiro atoms. The van der Waals surface area contributed by atoms with Crippen molar-refractivity contribution in [3.05, 3.63) is 311 Å². The molecule has 1 aliphatic carbocycles. The fourth-order valence-corrected chi connectivity index (χ4v) is 21.2. The maximum atomic E-state index is 14.0. The zero-order valence-electron chi connectivity index (χ0n) is 74.4. The number of methoxy groups -OCH3 is 3. The van der Waals surface area contributed by atoms with Crippen LogP contribution in [0.3, 0.4) is 0 Å². The Balaban J connectivity index is 0.000000122. The van der Waals surface area contributed by atoms with Crippen LogP contribution in [0.4, 0.5) is 14.9 Å². The second-order valence-corrected chi connectivity index (χ2v) is 38.1. The lowest BCUT2D eigenvalue weighted by Gasteiger charge is -2.39. The summed E-state index contributed by atoms with van der Waals surface area (Å²) >= 11 is 34.9. The summed E-state index contributed by atoms with van der Waals surface area (Å²) in [6, 6.07) is 60.0. The van der Waals surface area contributed by atoms with Crippen molar-refractivity contribution in [1.82, 2.24) is 55.2 Å². The maximum Gasteiger partial charge on any atom is 0.410 e. The van der Waals surface area contributed by atoms with Crippen LogP contribution in [0.15, 0.2) is 201 Å². The Hall–Kier alpha value is -10.2. The van der Waals surface area contributed by atoms with Gasteiger partial charge in [0.05, 0.1) is 75.3 Å². The van der Waals surface area contributed by atoms with Gasteiger partial charge in [0.2, 0.25) is 11.8 Å². The molecule has 6 aliphatic rings. The Morgan fingerprint density at radius 2 is 0.925 bits per heavy atom. The van der Waals surface area contributed by atoms with Crippen molar-refractivity contribution in [2.45, 2.75) is 121 Å². The molecule has 14 aromatic rings. The number of H-pyrrole nitrogens is 5. The van der Waals surface area contributed by atoms with E-state index in [9.17, 15) is 28.9 Å². The molecule has 9 aromatic carbocycles. The lowest BCUT2D eigenvalue weighted by Crippen LogP contribution is -2.49. The van der Waals surface area contributed by atoms with E-state index in [1.807, 2.05) is 131 Å². The lowest BCUT2D eigenvalue weighted by atomic mass is 9.92. The van der Waals surface area contributed by atoms with Gasteiger partial charge in [0.15, 0.2) is 5.11 Å². The molecule has 20 rings (SSSR count). The van der Waals surface area contributed by atoms with E-state index in [1.165, 1.54) is 88.2 Å². The third-order valence-electron chi connectivity index (χ3n) is 25.6. The highest BCUT2D eigenvalue weighted by Gasteiger charge is 2.40. The lowest BCUT2D eigenvalue weighted by molar-refractivity contribution is -0.384. The quantitative estimate of drug-likeness (QED) is 0.0172. The zero-order valence-corrected chi connectivity index (χ0v) is 82.2. The summed E-state index contributed by atoms with van der Waals surface area (Å²) < 4.78 is 48.6. The summed E-state index contributed by atoms with van der Waals surface area (Å²) in [4.78, 5) is 74.4. The minimum Gasteiger partial charge on any atom is -0.497 e. The van der Waals surface area contributed by atoms with Crippen molar-refractivity contribution in [2.24, 2.45) is 0 Å². The predicted molar refractivity (Wildman–Crippen MR) is 537 cm³/mol. The molecule has 31 heteroatoms. The van der Waals surface area contributed by atoms with Crippen LogP contribution >= 0.6 is 94.8 Å². The molecule has 0 bridgehead atoms. The fraction of sp³-hybridized carbons (Fsp3) is 0.333. The number of ether oxygens (including phenoxy) is 6. The summed E-state index contributed by atoms with van der Waals surface area (Å²) in [5.74, 6) is 0.575.